The highest BCUT2D eigenvalue weighted by Crippen LogP contribution is 2.36. The molecule has 0 radical (unpaired) electrons. The number of methoxy groups -OCH3 is 1. The zero-order valence-corrected chi connectivity index (χ0v) is 23.1. The van der Waals surface area contributed by atoms with Crippen molar-refractivity contribution in [2.75, 3.05) is 12.4 Å². The van der Waals surface area contributed by atoms with Crippen LogP contribution in [0.3, 0.4) is 0 Å². The van der Waals surface area contributed by atoms with Gasteiger partial charge in [0.05, 0.1) is 12.0 Å². The first-order valence-corrected chi connectivity index (χ1v) is 14.0. The summed E-state index contributed by atoms with van der Waals surface area (Å²) in [6, 6.07) is 27.4. The number of esters is 1. The van der Waals surface area contributed by atoms with Crippen molar-refractivity contribution in [1.29, 1.82) is 0 Å². The number of aliphatic imine (C=N–C) groups is 1. The predicted octanol–water partition coefficient (Wildman–Crippen LogP) is 6.49. The minimum absolute atomic E-state index is 0.0634. The molecule has 4 aromatic carbocycles. The maximum atomic E-state index is 14.0. The number of nitrogens with one attached hydrogen (secondary N) is 1. The highest BCUT2D eigenvalue weighted by molar-refractivity contribution is 7.91. The number of halogens is 1. The minimum atomic E-state index is -4.23. The molecule has 1 amide bonds. The van der Waals surface area contributed by atoms with Crippen LogP contribution in [0.1, 0.15) is 28.2 Å². The zero-order chi connectivity index (χ0) is 28.7. The van der Waals surface area contributed by atoms with E-state index in [1.165, 1.54) is 44.4 Å². The summed E-state index contributed by atoms with van der Waals surface area (Å²) in [5.74, 6) is -0.277. The van der Waals surface area contributed by atoms with Gasteiger partial charge < -0.3 is 14.8 Å². The van der Waals surface area contributed by atoms with E-state index in [2.05, 4.69) is 10.3 Å². The van der Waals surface area contributed by atoms with Gasteiger partial charge in [0, 0.05) is 21.8 Å². The second kappa shape index (κ2) is 12.6. The fourth-order valence-electron chi connectivity index (χ4n) is 3.76. The lowest BCUT2D eigenvalue weighted by atomic mass is 10.1. The summed E-state index contributed by atoms with van der Waals surface area (Å²) in [5.41, 5.74) is 0.649. The van der Waals surface area contributed by atoms with E-state index in [0.29, 0.717) is 22.1 Å². The number of benzene rings is 4. The smallest absolute Gasteiger partial charge is 0.351 e. The summed E-state index contributed by atoms with van der Waals surface area (Å²) in [7, 11) is -3.05. The van der Waals surface area contributed by atoms with Crippen LogP contribution in [0, 0.1) is 0 Å². The van der Waals surface area contributed by atoms with Crippen LogP contribution in [-0.4, -0.2) is 33.1 Å². The van der Waals surface area contributed by atoms with Gasteiger partial charge >= 0.3 is 5.97 Å². The van der Waals surface area contributed by atoms with Gasteiger partial charge in [-0.3, -0.25) is 9.79 Å². The van der Waals surface area contributed by atoms with E-state index in [4.69, 9.17) is 21.1 Å². The maximum Gasteiger partial charge on any atom is 0.351 e. The number of carbonyl (C=O) groups excluding carboxylic acids is 2. The third-order valence-corrected chi connectivity index (χ3v) is 7.93. The van der Waals surface area contributed by atoms with Crippen LogP contribution >= 0.6 is 11.6 Å². The quantitative estimate of drug-likeness (QED) is 0.180. The molecule has 0 bridgehead atoms. The van der Waals surface area contributed by atoms with E-state index >= 15 is 0 Å². The number of carbonyl (C=O) groups is 2. The van der Waals surface area contributed by atoms with Crippen LogP contribution in [0.25, 0.3) is 0 Å². The van der Waals surface area contributed by atoms with Gasteiger partial charge in [0.1, 0.15) is 17.2 Å². The Balaban J connectivity index is 1.72. The van der Waals surface area contributed by atoms with Gasteiger partial charge in [-0.05, 0) is 73.7 Å². The summed E-state index contributed by atoms with van der Waals surface area (Å²) in [4.78, 5) is 29.3. The average Bonchev–Trinajstić information content (AvgIpc) is 2.97. The highest BCUT2D eigenvalue weighted by Gasteiger charge is 2.32. The van der Waals surface area contributed by atoms with E-state index in [0.717, 1.165) is 0 Å². The number of sulfone groups is 1. The fraction of sp³-hybridized carbons (Fsp3) is 0.100. The van der Waals surface area contributed by atoms with Crippen molar-refractivity contribution in [3.63, 3.8) is 0 Å². The molecule has 0 saturated heterocycles. The Kier molecular flexibility index (Phi) is 8.98. The number of nitrogens with zero attached hydrogens (tertiary/aromatic N) is 1. The molecule has 0 spiro atoms. The maximum absolute atomic E-state index is 14.0. The summed E-state index contributed by atoms with van der Waals surface area (Å²) in [6.07, 6.45) is 0. The number of hydrogen-bond donors (Lipinski definition) is 1. The number of anilines is 1. The molecule has 0 aliphatic rings. The first kappa shape index (κ1) is 28.5. The first-order chi connectivity index (χ1) is 19.2. The molecule has 8 nitrogen and oxygen atoms in total. The van der Waals surface area contributed by atoms with Gasteiger partial charge in [-0.15, -0.1) is 0 Å². The molecule has 0 aromatic heterocycles. The van der Waals surface area contributed by atoms with Gasteiger partial charge in [-0.2, -0.15) is 0 Å². The van der Waals surface area contributed by atoms with Gasteiger partial charge in [0.2, 0.25) is 9.84 Å². The lowest BCUT2D eigenvalue weighted by Gasteiger charge is -2.19. The summed E-state index contributed by atoms with van der Waals surface area (Å²) >= 11 is 5.92. The molecule has 10 heteroatoms. The van der Waals surface area contributed by atoms with E-state index in [1.54, 1.807) is 72.8 Å². The van der Waals surface area contributed by atoms with Crippen molar-refractivity contribution in [3.8, 4) is 11.5 Å². The molecule has 1 N–H and O–H groups in total. The molecule has 4 rings (SSSR count). The number of para-hydroxylation sites is 1. The van der Waals surface area contributed by atoms with Crippen LogP contribution in [0.5, 0.6) is 11.5 Å². The van der Waals surface area contributed by atoms with Crippen LogP contribution in [0.2, 0.25) is 5.02 Å². The normalized spacial score (nSPS) is 12.3. The lowest BCUT2D eigenvalue weighted by Crippen LogP contribution is -2.20. The third kappa shape index (κ3) is 6.74. The number of amides is 1. The van der Waals surface area contributed by atoms with Crippen LogP contribution < -0.4 is 10.1 Å². The minimum Gasteiger partial charge on any atom is -0.465 e. The lowest BCUT2D eigenvalue weighted by molar-refractivity contribution is -0.132. The van der Waals surface area contributed by atoms with Crippen molar-refractivity contribution in [2.24, 2.45) is 4.99 Å². The second-order valence-corrected chi connectivity index (χ2v) is 11.0. The molecule has 0 fully saturated rings. The van der Waals surface area contributed by atoms with Gasteiger partial charge in [0.25, 0.3) is 5.91 Å². The Morgan fingerprint density at radius 2 is 1.40 bits per heavy atom. The predicted molar refractivity (Wildman–Crippen MR) is 154 cm³/mol. The Labute approximate surface area is 237 Å². The molecular formula is C30H25ClN2O6S. The largest absolute Gasteiger partial charge is 0.465 e. The average molecular weight is 577 g/mol. The zero-order valence-electron chi connectivity index (χ0n) is 21.6. The monoisotopic (exact) mass is 576 g/mol. The standard InChI is InChI=1S/C30H25ClN2O6S/c1-20(30(35)38-2)32-29(26-10-6-7-11-27(26)33-28(34)21-8-4-3-5-9-21)40(36,37)25-18-16-24(17-19-25)39-23-14-12-22(31)13-15-23/h3-19,29H,1-2H3,(H,33,34). The molecule has 1 atom stereocenters. The Bertz CT molecular complexity index is 1640. The van der Waals surface area contributed by atoms with E-state index in [-0.39, 0.29) is 21.9 Å². The van der Waals surface area contributed by atoms with Gasteiger partial charge in [0.15, 0.2) is 5.37 Å². The van der Waals surface area contributed by atoms with E-state index in [9.17, 15) is 18.0 Å². The second-order valence-electron chi connectivity index (χ2n) is 8.54. The van der Waals surface area contributed by atoms with Crippen LogP contribution in [-0.2, 0) is 19.4 Å². The molecule has 4 aromatic rings. The number of rotatable bonds is 9. The van der Waals surface area contributed by atoms with Crippen molar-refractivity contribution in [2.45, 2.75) is 17.2 Å². The number of ether oxygens (including phenoxy) is 2. The Hall–Kier alpha value is -4.47. The SMILES string of the molecule is COC(=O)C(C)=NC(c1ccccc1NC(=O)c1ccccc1)S(=O)(=O)c1ccc(Oc2ccc(Cl)cc2)cc1. The summed E-state index contributed by atoms with van der Waals surface area (Å²) < 4.78 is 38.4. The number of hydrogen-bond acceptors (Lipinski definition) is 7. The van der Waals surface area contributed by atoms with E-state index < -0.39 is 27.1 Å². The van der Waals surface area contributed by atoms with E-state index in [1.807, 2.05) is 0 Å². The van der Waals surface area contributed by atoms with Crippen molar-refractivity contribution in [1.82, 2.24) is 0 Å². The van der Waals surface area contributed by atoms with Gasteiger partial charge in [-0.25, -0.2) is 13.2 Å². The van der Waals surface area contributed by atoms with Crippen LogP contribution in [0.15, 0.2) is 113 Å². The summed E-state index contributed by atoms with van der Waals surface area (Å²) in [6.45, 7) is 1.36. The molecule has 204 valence electrons. The molecular weight excluding hydrogens is 552 g/mol. The van der Waals surface area contributed by atoms with Crippen molar-refractivity contribution < 1.29 is 27.5 Å². The van der Waals surface area contributed by atoms with Gasteiger partial charge in [-0.1, -0.05) is 48.0 Å². The van der Waals surface area contributed by atoms with Crippen molar-refractivity contribution >= 4 is 44.7 Å². The van der Waals surface area contributed by atoms with Crippen molar-refractivity contribution in [3.05, 3.63) is 119 Å². The third-order valence-electron chi connectivity index (χ3n) is 5.80. The highest BCUT2D eigenvalue weighted by atomic mass is 35.5. The summed E-state index contributed by atoms with van der Waals surface area (Å²) in [5, 5.41) is 1.76. The molecule has 1 unspecified atom stereocenters. The molecule has 0 aliphatic heterocycles. The molecule has 40 heavy (non-hydrogen) atoms. The molecule has 0 aliphatic carbocycles. The Morgan fingerprint density at radius 1 is 0.825 bits per heavy atom. The topological polar surface area (TPSA) is 111 Å². The fourth-order valence-corrected chi connectivity index (χ4v) is 5.49. The van der Waals surface area contributed by atoms with Crippen LogP contribution in [0.4, 0.5) is 5.69 Å². The first-order valence-electron chi connectivity index (χ1n) is 12.0. The molecule has 0 heterocycles. The Morgan fingerprint density at radius 3 is 2.02 bits per heavy atom. The molecule has 0 saturated carbocycles.